The van der Waals surface area contributed by atoms with Crippen LogP contribution in [0.1, 0.15) is 23.1 Å². The molecule has 0 saturated heterocycles. The lowest BCUT2D eigenvalue weighted by atomic mass is 10.1. The fraction of sp³-hybridized carbons (Fsp3) is 0.250. The monoisotopic (exact) mass is 364 g/mol. The molecule has 6 heteroatoms. The Morgan fingerprint density at radius 3 is 2.92 bits per heavy atom. The van der Waals surface area contributed by atoms with E-state index in [0.717, 1.165) is 29.8 Å². The van der Waals surface area contributed by atoms with Crippen LogP contribution in [0, 0.1) is 6.92 Å². The van der Waals surface area contributed by atoms with Gasteiger partial charge in [0.2, 0.25) is 5.91 Å². The molecular weight excluding hydrogens is 344 g/mol. The number of hydrogen-bond acceptors (Lipinski definition) is 4. The number of carbonyl (C=O) groups is 1. The SMILES string of the molecule is Cc1ccccc1-n1cnnc1SCC(=O)Nc1ccc2c(c1)CCC2. The van der Waals surface area contributed by atoms with Gasteiger partial charge in [0.1, 0.15) is 6.33 Å². The van der Waals surface area contributed by atoms with Gasteiger partial charge in [-0.2, -0.15) is 0 Å². The zero-order valence-corrected chi connectivity index (χ0v) is 15.4. The first kappa shape index (κ1) is 16.8. The van der Waals surface area contributed by atoms with Crippen molar-refractivity contribution >= 4 is 23.4 Å². The van der Waals surface area contributed by atoms with Crippen molar-refractivity contribution in [3.8, 4) is 5.69 Å². The molecular formula is C20H20N4OS. The average Bonchev–Trinajstić information content (AvgIpc) is 3.29. The van der Waals surface area contributed by atoms with Crippen LogP contribution in [0.15, 0.2) is 53.9 Å². The van der Waals surface area contributed by atoms with Crippen molar-refractivity contribution in [3.63, 3.8) is 0 Å². The Morgan fingerprint density at radius 2 is 2.04 bits per heavy atom. The molecule has 0 fully saturated rings. The number of aromatic nitrogens is 3. The first-order valence-corrected chi connectivity index (χ1v) is 9.70. The summed E-state index contributed by atoms with van der Waals surface area (Å²) < 4.78 is 1.92. The summed E-state index contributed by atoms with van der Waals surface area (Å²) in [6, 6.07) is 14.3. The molecule has 0 unspecified atom stereocenters. The first-order valence-electron chi connectivity index (χ1n) is 8.71. The summed E-state index contributed by atoms with van der Waals surface area (Å²) >= 11 is 1.39. The van der Waals surface area contributed by atoms with E-state index in [9.17, 15) is 4.79 Å². The minimum Gasteiger partial charge on any atom is -0.325 e. The number of para-hydroxylation sites is 1. The van der Waals surface area contributed by atoms with E-state index in [2.05, 4.69) is 27.6 Å². The van der Waals surface area contributed by atoms with Gasteiger partial charge >= 0.3 is 0 Å². The molecule has 26 heavy (non-hydrogen) atoms. The highest BCUT2D eigenvalue weighted by Crippen LogP contribution is 2.25. The van der Waals surface area contributed by atoms with Gasteiger partial charge in [0.25, 0.3) is 0 Å². The molecule has 0 aliphatic heterocycles. The molecule has 1 aromatic heterocycles. The summed E-state index contributed by atoms with van der Waals surface area (Å²) in [5, 5.41) is 11.9. The quantitative estimate of drug-likeness (QED) is 0.700. The van der Waals surface area contributed by atoms with Crippen LogP contribution in [0.4, 0.5) is 5.69 Å². The molecule has 0 atom stereocenters. The van der Waals surface area contributed by atoms with Crippen molar-refractivity contribution in [2.24, 2.45) is 0 Å². The summed E-state index contributed by atoms with van der Waals surface area (Å²) in [5.74, 6) is 0.258. The van der Waals surface area contributed by atoms with Crippen molar-refractivity contribution in [1.29, 1.82) is 0 Å². The van der Waals surface area contributed by atoms with Gasteiger partial charge in [-0.05, 0) is 61.1 Å². The Balaban J connectivity index is 1.41. The lowest BCUT2D eigenvalue weighted by molar-refractivity contribution is -0.113. The predicted octanol–water partition coefficient (Wildman–Crippen LogP) is 3.80. The first-order chi connectivity index (χ1) is 12.7. The van der Waals surface area contributed by atoms with Crippen LogP contribution in [0.3, 0.4) is 0 Å². The van der Waals surface area contributed by atoms with Gasteiger partial charge in [0, 0.05) is 5.69 Å². The Kier molecular flexibility index (Phi) is 4.75. The second-order valence-corrected chi connectivity index (χ2v) is 7.39. The summed E-state index contributed by atoms with van der Waals surface area (Å²) in [6.07, 6.45) is 5.14. The van der Waals surface area contributed by atoms with Gasteiger partial charge < -0.3 is 5.32 Å². The van der Waals surface area contributed by atoms with Crippen molar-refractivity contribution in [3.05, 3.63) is 65.5 Å². The number of nitrogens with zero attached hydrogens (tertiary/aromatic N) is 3. The summed E-state index contributed by atoms with van der Waals surface area (Å²) in [4.78, 5) is 12.3. The Labute approximate surface area is 156 Å². The number of carbonyl (C=O) groups excluding carboxylic acids is 1. The fourth-order valence-corrected chi connectivity index (χ4v) is 4.02. The number of thioether (sulfide) groups is 1. The molecule has 0 saturated carbocycles. The van der Waals surface area contributed by atoms with Crippen LogP contribution in [-0.4, -0.2) is 26.4 Å². The van der Waals surface area contributed by atoms with Crippen LogP contribution in [0.5, 0.6) is 0 Å². The minimum absolute atomic E-state index is 0.0349. The van der Waals surface area contributed by atoms with Gasteiger partial charge in [0.05, 0.1) is 11.4 Å². The van der Waals surface area contributed by atoms with Crippen LogP contribution in [0.2, 0.25) is 0 Å². The van der Waals surface area contributed by atoms with E-state index in [1.165, 1.54) is 29.3 Å². The minimum atomic E-state index is -0.0349. The molecule has 1 heterocycles. The Hall–Kier alpha value is -2.60. The topological polar surface area (TPSA) is 59.8 Å². The van der Waals surface area contributed by atoms with E-state index in [4.69, 9.17) is 0 Å². The van der Waals surface area contributed by atoms with Crippen LogP contribution in [-0.2, 0) is 17.6 Å². The maximum atomic E-state index is 12.3. The van der Waals surface area contributed by atoms with Crippen molar-refractivity contribution in [1.82, 2.24) is 14.8 Å². The molecule has 1 aliphatic rings. The predicted molar refractivity (Wildman–Crippen MR) is 104 cm³/mol. The van der Waals surface area contributed by atoms with E-state index in [1.54, 1.807) is 6.33 Å². The van der Waals surface area contributed by atoms with E-state index < -0.39 is 0 Å². The normalized spacial score (nSPS) is 12.8. The average molecular weight is 364 g/mol. The highest BCUT2D eigenvalue weighted by molar-refractivity contribution is 7.99. The molecule has 1 amide bonds. The molecule has 132 valence electrons. The standard InChI is InChI=1S/C20H20N4OS/c1-14-5-2-3-8-18(14)24-13-21-23-20(24)26-12-19(25)22-17-10-9-15-6-4-7-16(15)11-17/h2-3,5,8-11,13H,4,6-7,12H2,1H3,(H,22,25). The van der Waals surface area contributed by atoms with Gasteiger partial charge in [-0.3, -0.25) is 9.36 Å². The maximum Gasteiger partial charge on any atom is 0.234 e. The molecule has 5 nitrogen and oxygen atoms in total. The van der Waals surface area contributed by atoms with E-state index in [1.807, 2.05) is 41.8 Å². The van der Waals surface area contributed by atoms with Crippen molar-refractivity contribution in [2.75, 3.05) is 11.1 Å². The number of anilines is 1. The fourth-order valence-electron chi connectivity index (χ4n) is 3.30. The number of aryl methyl sites for hydroxylation is 3. The lowest BCUT2D eigenvalue weighted by Gasteiger charge is -2.10. The van der Waals surface area contributed by atoms with E-state index >= 15 is 0 Å². The van der Waals surface area contributed by atoms with Crippen LogP contribution in [0.25, 0.3) is 5.69 Å². The third-order valence-corrected chi connectivity index (χ3v) is 5.55. The third-order valence-electron chi connectivity index (χ3n) is 4.61. The van der Waals surface area contributed by atoms with E-state index in [-0.39, 0.29) is 5.91 Å². The number of nitrogens with one attached hydrogen (secondary N) is 1. The second kappa shape index (κ2) is 7.33. The summed E-state index contributed by atoms with van der Waals surface area (Å²) in [5.41, 5.74) is 5.80. The molecule has 4 rings (SSSR count). The number of benzene rings is 2. The Morgan fingerprint density at radius 1 is 1.19 bits per heavy atom. The number of hydrogen-bond donors (Lipinski definition) is 1. The van der Waals surface area contributed by atoms with Crippen molar-refractivity contribution < 1.29 is 4.79 Å². The third kappa shape index (κ3) is 3.51. The molecule has 1 N–H and O–H groups in total. The van der Waals surface area contributed by atoms with Gasteiger partial charge in [-0.15, -0.1) is 10.2 Å². The molecule has 0 bridgehead atoms. The van der Waals surface area contributed by atoms with E-state index in [0.29, 0.717) is 10.9 Å². The molecule has 3 aromatic rings. The highest BCUT2D eigenvalue weighted by atomic mass is 32.2. The Bertz CT molecular complexity index is 950. The lowest BCUT2D eigenvalue weighted by Crippen LogP contribution is -2.14. The number of amides is 1. The molecule has 0 radical (unpaired) electrons. The summed E-state index contributed by atoms with van der Waals surface area (Å²) in [7, 11) is 0. The van der Waals surface area contributed by atoms with Crippen LogP contribution >= 0.6 is 11.8 Å². The summed E-state index contributed by atoms with van der Waals surface area (Å²) in [6.45, 7) is 2.05. The van der Waals surface area contributed by atoms with Crippen LogP contribution < -0.4 is 5.32 Å². The zero-order chi connectivity index (χ0) is 17.9. The maximum absolute atomic E-state index is 12.3. The largest absolute Gasteiger partial charge is 0.325 e. The zero-order valence-electron chi connectivity index (χ0n) is 14.6. The highest BCUT2D eigenvalue weighted by Gasteiger charge is 2.14. The smallest absolute Gasteiger partial charge is 0.234 e. The molecule has 1 aliphatic carbocycles. The molecule has 2 aromatic carbocycles. The second-order valence-electron chi connectivity index (χ2n) is 6.44. The van der Waals surface area contributed by atoms with Gasteiger partial charge in [0.15, 0.2) is 5.16 Å². The van der Waals surface area contributed by atoms with Gasteiger partial charge in [-0.1, -0.05) is 36.0 Å². The van der Waals surface area contributed by atoms with Crippen molar-refractivity contribution in [2.45, 2.75) is 31.3 Å². The van der Waals surface area contributed by atoms with Gasteiger partial charge in [-0.25, -0.2) is 0 Å². The number of rotatable bonds is 5. The number of fused-ring (bicyclic) bond motifs is 1. The molecule has 0 spiro atoms.